The first-order chi connectivity index (χ1) is 6.11. The summed E-state index contributed by atoms with van der Waals surface area (Å²) in [6.45, 7) is 0. The van der Waals surface area contributed by atoms with Gasteiger partial charge < -0.3 is 5.11 Å². The monoisotopic (exact) mass is 206 g/mol. The average Bonchev–Trinajstić information content (AvgIpc) is 2.65. The van der Waals surface area contributed by atoms with E-state index in [0.717, 1.165) is 0 Å². The summed E-state index contributed by atoms with van der Waals surface area (Å²) in [5.41, 5.74) is -1.73. The minimum Gasteiger partial charge on any atom is -0.482 e. The number of carboxylic acids is 1. The molecule has 0 unspecified atom stereocenters. The Morgan fingerprint density at radius 2 is 1.79 bits per heavy atom. The molecule has 1 rings (SSSR count). The van der Waals surface area contributed by atoms with Gasteiger partial charge >= 0.3 is 6.18 Å². The lowest BCUT2D eigenvalue weighted by Gasteiger charge is -2.27. The molecule has 1 aliphatic carbocycles. The maximum absolute atomic E-state index is 12.5. The van der Waals surface area contributed by atoms with Crippen LogP contribution in [0.1, 0.15) is 19.3 Å². The summed E-state index contributed by atoms with van der Waals surface area (Å²) in [4.78, 5) is 10.7. The molecule has 0 bridgehead atoms. The molecule has 0 amide bonds. The Hall–Kier alpha value is -0.610. The van der Waals surface area contributed by atoms with Crippen molar-refractivity contribution in [3.8, 4) is 0 Å². The fourth-order valence-corrected chi connectivity index (χ4v) is 1.63. The van der Waals surface area contributed by atoms with Gasteiger partial charge in [0, 0.05) is 5.21 Å². The largest absolute Gasteiger partial charge is 0.482 e. The van der Waals surface area contributed by atoms with E-state index in [1.807, 2.05) is 0 Å². The molecule has 0 radical (unpaired) electrons. The summed E-state index contributed by atoms with van der Waals surface area (Å²) in [6.07, 6.45) is -4.46. The lowest BCUT2D eigenvalue weighted by Crippen LogP contribution is -2.34. The molecule has 7 heteroatoms. The molecule has 14 heavy (non-hydrogen) atoms. The SMILES string of the molecule is BC(B)(CC1(C(F)(F)F)CC1)C(=O)O. The number of hydrogen-bond acceptors (Lipinski definition) is 1. The van der Waals surface area contributed by atoms with Crippen LogP contribution in [-0.2, 0) is 4.79 Å². The highest BCUT2D eigenvalue weighted by atomic mass is 19.4. The third kappa shape index (κ3) is 1.91. The van der Waals surface area contributed by atoms with Crippen LogP contribution in [0.5, 0.6) is 0 Å². The van der Waals surface area contributed by atoms with E-state index in [2.05, 4.69) is 0 Å². The second-order valence-electron chi connectivity index (χ2n) is 4.64. The number of hydrogen-bond donors (Lipinski definition) is 1. The van der Waals surface area contributed by atoms with E-state index in [1.54, 1.807) is 0 Å². The highest BCUT2D eigenvalue weighted by Crippen LogP contribution is 2.63. The standard InChI is InChI=1S/C7H11B2F3O2/c8-6(9,4(13)14)3-5(1-2-5)7(10,11)12/h1-3,8-9H2,(H,13,14). The van der Waals surface area contributed by atoms with Gasteiger partial charge in [0.1, 0.15) is 15.7 Å². The number of carbonyl (C=O) groups is 1. The van der Waals surface area contributed by atoms with Crippen LogP contribution in [-0.4, -0.2) is 32.9 Å². The van der Waals surface area contributed by atoms with Crippen LogP contribution in [0.25, 0.3) is 0 Å². The second kappa shape index (κ2) is 2.94. The van der Waals surface area contributed by atoms with Crippen molar-refractivity contribution in [2.45, 2.75) is 30.7 Å². The summed E-state index contributed by atoms with van der Waals surface area (Å²) < 4.78 is 37.5. The van der Waals surface area contributed by atoms with Gasteiger partial charge in [-0.15, -0.1) is 0 Å². The fourth-order valence-electron chi connectivity index (χ4n) is 1.63. The topological polar surface area (TPSA) is 37.3 Å². The zero-order valence-corrected chi connectivity index (χ0v) is 8.11. The molecule has 0 spiro atoms. The fraction of sp³-hybridized carbons (Fsp3) is 0.857. The Morgan fingerprint density at radius 1 is 1.36 bits per heavy atom. The molecule has 0 heterocycles. The summed E-state index contributed by atoms with van der Waals surface area (Å²) in [5.74, 6) is -1.17. The van der Waals surface area contributed by atoms with Gasteiger partial charge in [0.15, 0.2) is 0 Å². The Kier molecular flexibility index (Phi) is 2.41. The van der Waals surface area contributed by atoms with Crippen molar-refractivity contribution >= 4 is 21.7 Å². The molecule has 2 nitrogen and oxygen atoms in total. The van der Waals surface area contributed by atoms with Crippen LogP contribution >= 0.6 is 0 Å². The first kappa shape index (κ1) is 11.5. The van der Waals surface area contributed by atoms with E-state index in [0.29, 0.717) is 0 Å². The van der Waals surface area contributed by atoms with E-state index in [1.165, 1.54) is 15.7 Å². The van der Waals surface area contributed by atoms with Crippen molar-refractivity contribution < 1.29 is 23.1 Å². The summed E-state index contributed by atoms with van der Waals surface area (Å²) in [5, 5.41) is 7.43. The number of alkyl halides is 3. The average molecular weight is 206 g/mol. The zero-order valence-electron chi connectivity index (χ0n) is 8.11. The van der Waals surface area contributed by atoms with Crippen molar-refractivity contribution in [3.05, 3.63) is 0 Å². The molecule has 1 fully saturated rings. The highest BCUT2D eigenvalue weighted by molar-refractivity contribution is 6.49. The molecule has 1 N–H and O–H groups in total. The number of carboxylic acid groups (broad SMARTS) is 1. The van der Waals surface area contributed by atoms with Gasteiger partial charge in [-0.05, 0) is 19.3 Å². The normalized spacial score (nSPS) is 20.5. The lowest BCUT2D eigenvalue weighted by molar-refractivity contribution is -0.190. The molecule has 0 saturated heterocycles. The summed E-state index contributed by atoms with van der Waals surface area (Å²) >= 11 is 0. The van der Waals surface area contributed by atoms with Gasteiger partial charge in [0.2, 0.25) is 0 Å². The van der Waals surface area contributed by atoms with Crippen LogP contribution in [0.4, 0.5) is 13.2 Å². The Labute approximate surface area is 81.7 Å². The predicted molar refractivity (Wildman–Crippen MR) is 49.8 cm³/mol. The van der Waals surface area contributed by atoms with Gasteiger partial charge in [0.25, 0.3) is 5.97 Å². The Morgan fingerprint density at radius 3 is 2.00 bits per heavy atom. The van der Waals surface area contributed by atoms with Gasteiger partial charge in [-0.3, -0.25) is 4.79 Å². The van der Waals surface area contributed by atoms with Gasteiger partial charge in [-0.2, -0.15) is 13.2 Å². The molecule has 0 atom stereocenters. The molecule has 0 aromatic heterocycles. The Bertz CT molecular complexity index is 258. The van der Waals surface area contributed by atoms with Crippen molar-refractivity contribution in [1.29, 1.82) is 0 Å². The van der Waals surface area contributed by atoms with Crippen LogP contribution < -0.4 is 0 Å². The predicted octanol–water partition coefficient (Wildman–Crippen LogP) is 0.186. The third-order valence-electron chi connectivity index (χ3n) is 2.81. The van der Waals surface area contributed by atoms with Gasteiger partial charge in [-0.25, -0.2) is 0 Å². The molecule has 1 aliphatic rings. The first-order valence-electron chi connectivity index (χ1n) is 4.41. The third-order valence-corrected chi connectivity index (χ3v) is 2.81. The molecule has 1 saturated carbocycles. The molecular formula is C7H11B2F3O2. The maximum Gasteiger partial charge on any atom is 0.394 e. The Balaban J connectivity index is 2.75. The minimum absolute atomic E-state index is 0.0627. The number of rotatable bonds is 3. The quantitative estimate of drug-likeness (QED) is 0.668. The maximum atomic E-state index is 12.5. The number of halogens is 3. The van der Waals surface area contributed by atoms with Crippen LogP contribution in [0.2, 0.25) is 5.21 Å². The lowest BCUT2D eigenvalue weighted by atomic mass is 9.50. The van der Waals surface area contributed by atoms with E-state index in [-0.39, 0.29) is 19.3 Å². The smallest absolute Gasteiger partial charge is 0.394 e. The van der Waals surface area contributed by atoms with Crippen molar-refractivity contribution in [2.24, 2.45) is 5.41 Å². The van der Waals surface area contributed by atoms with E-state index in [4.69, 9.17) is 5.11 Å². The minimum atomic E-state index is -4.26. The molecule has 78 valence electrons. The van der Waals surface area contributed by atoms with Gasteiger partial charge in [0.05, 0.1) is 5.41 Å². The van der Waals surface area contributed by atoms with Crippen LogP contribution in [0.3, 0.4) is 0 Å². The molecule has 0 aromatic rings. The van der Waals surface area contributed by atoms with Crippen molar-refractivity contribution in [2.75, 3.05) is 0 Å². The van der Waals surface area contributed by atoms with Crippen LogP contribution in [0.15, 0.2) is 0 Å². The first-order valence-corrected chi connectivity index (χ1v) is 4.41. The molecule has 0 aliphatic heterocycles. The number of aliphatic carboxylic acids is 1. The van der Waals surface area contributed by atoms with Crippen molar-refractivity contribution in [1.82, 2.24) is 0 Å². The van der Waals surface area contributed by atoms with Crippen LogP contribution in [0, 0.1) is 5.41 Å². The zero-order chi connectivity index (χ0) is 11.2. The molecular weight excluding hydrogens is 195 g/mol. The van der Waals surface area contributed by atoms with Crippen molar-refractivity contribution in [3.63, 3.8) is 0 Å². The second-order valence-corrected chi connectivity index (χ2v) is 4.64. The molecule has 0 aromatic carbocycles. The van der Waals surface area contributed by atoms with Gasteiger partial charge in [-0.1, -0.05) is 0 Å². The summed E-state index contributed by atoms with van der Waals surface area (Å²) in [7, 11) is 2.67. The van der Waals surface area contributed by atoms with E-state index in [9.17, 15) is 18.0 Å². The summed E-state index contributed by atoms with van der Waals surface area (Å²) in [6, 6.07) is 0. The van der Waals surface area contributed by atoms with E-state index < -0.39 is 22.8 Å². The highest BCUT2D eigenvalue weighted by Gasteiger charge is 2.64. The van der Waals surface area contributed by atoms with E-state index >= 15 is 0 Å².